The van der Waals surface area contributed by atoms with Crippen LogP contribution in [0, 0.1) is 0 Å². The van der Waals surface area contributed by atoms with Gasteiger partial charge in [0.05, 0.1) is 10.7 Å². The van der Waals surface area contributed by atoms with E-state index < -0.39 is 0 Å². The third kappa shape index (κ3) is 3.70. The fourth-order valence-electron chi connectivity index (χ4n) is 2.65. The second-order valence-corrected chi connectivity index (χ2v) is 7.04. The second kappa shape index (κ2) is 6.27. The van der Waals surface area contributed by atoms with E-state index in [9.17, 15) is 4.79 Å². The highest BCUT2D eigenvalue weighted by atomic mass is 35.5. The van der Waals surface area contributed by atoms with E-state index >= 15 is 0 Å². The van der Waals surface area contributed by atoms with Gasteiger partial charge >= 0.3 is 0 Å². The minimum Gasteiger partial charge on any atom is -0.367 e. The fraction of sp³-hybridized carbons (Fsp3) is 0.588. The van der Waals surface area contributed by atoms with Crippen molar-refractivity contribution in [2.75, 3.05) is 31.1 Å². The number of anilines is 1. The molecular weight excluding hydrogens is 284 g/mol. The van der Waals surface area contributed by atoms with Gasteiger partial charge < -0.3 is 9.80 Å². The van der Waals surface area contributed by atoms with E-state index in [0.717, 1.165) is 36.9 Å². The standard InChI is InChI=1S/C17H25ClN2O/c1-5-16(21)20-10-8-19(9-11-20)15-7-6-13(12-14(15)18)17(2,3)4/h6-7,12H,5,8-11H2,1-4H3. The number of nitrogens with zero attached hydrogens (tertiary/aromatic N) is 2. The highest BCUT2D eigenvalue weighted by Crippen LogP contribution is 2.32. The van der Waals surface area contributed by atoms with Gasteiger partial charge in [-0.15, -0.1) is 0 Å². The van der Waals surface area contributed by atoms with E-state index in [1.54, 1.807) is 0 Å². The summed E-state index contributed by atoms with van der Waals surface area (Å²) in [4.78, 5) is 15.9. The molecule has 1 aromatic rings. The first-order chi connectivity index (χ1) is 9.82. The monoisotopic (exact) mass is 308 g/mol. The van der Waals surface area contributed by atoms with E-state index in [2.05, 4.69) is 43.9 Å². The molecule has 2 rings (SSSR count). The molecule has 0 spiro atoms. The lowest BCUT2D eigenvalue weighted by Crippen LogP contribution is -2.48. The van der Waals surface area contributed by atoms with Gasteiger partial charge in [0.15, 0.2) is 0 Å². The van der Waals surface area contributed by atoms with Gasteiger partial charge in [0.2, 0.25) is 5.91 Å². The Morgan fingerprint density at radius 2 is 1.81 bits per heavy atom. The Kier molecular flexibility index (Phi) is 4.82. The lowest BCUT2D eigenvalue weighted by molar-refractivity contribution is -0.131. The van der Waals surface area contributed by atoms with Gasteiger partial charge in [-0.05, 0) is 23.1 Å². The molecule has 1 aromatic carbocycles. The molecule has 0 radical (unpaired) electrons. The Hall–Kier alpha value is -1.22. The zero-order valence-electron chi connectivity index (χ0n) is 13.4. The van der Waals surface area contributed by atoms with Crippen molar-refractivity contribution in [3.05, 3.63) is 28.8 Å². The Balaban J connectivity index is 2.09. The topological polar surface area (TPSA) is 23.6 Å². The molecule has 0 unspecified atom stereocenters. The smallest absolute Gasteiger partial charge is 0.222 e. The van der Waals surface area contributed by atoms with Crippen molar-refractivity contribution in [1.29, 1.82) is 0 Å². The molecule has 1 saturated heterocycles. The van der Waals surface area contributed by atoms with Gasteiger partial charge in [0, 0.05) is 32.6 Å². The van der Waals surface area contributed by atoms with Crippen molar-refractivity contribution >= 4 is 23.2 Å². The molecule has 1 amide bonds. The molecule has 4 heteroatoms. The minimum atomic E-state index is 0.106. The van der Waals surface area contributed by atoms with Crippen LogP contribution in [0.4, 0.5) is 5.69 Å². The normalized spacial score (nSPS) is 16.2. The molecule has 1 heterocycles. The van der Waals surface area contributed by atoms with Crippen LogP contribution >= 0.6 is 11.6 Å². The molecule has 1 fully saturated rings. The summed E-state index contributed by atoms with van der Waals surface area (Å²) in [5, 5.41) is 0.803. The molecule has 1 aliphatic rings. The van der Waals surface area contributed by atoms with Crippen molar-refractivity contribution in [1.82, 2.24) is 4.90 Å². The Bertz CT molecular complexity index is 514. The predicted molar refractivity (Wildman–Crippen MR) is 89.2 cm³/mol. The molecule has 0 aliphatic carbocycles. The lowest BCUT2D eigenvalue weighted by atomic mass is 9.87. The summed E-state index contributed by atoms with van der Waals surface area (Å²) in [6, 6.07) is 6.34. The van der Waals surface area contributed by atoms with Gasteiger partial charge in [-0.1, -0.05) is 45.4 Å². The van der Waals surface area contributed by atoms with Crippen LogP contribution in [0.3, 0.4) is 0 Å². The number of halogens is 1. The van der Waals surface area contributed by atoms with Gasteiger partial charge in [0.25, 0.3) is 0 Å². The third-order valence-electron chi connectivity index (χ3n) is 4.09. The molecule has 0 atom stereocenters. The van der Waals surface area contributed by atoms with Gasteiger partial charge in [-0.3, -0.25) is 4.79 Å². The van der Waals surface area contributed by atoms with Crippen LogP contribution in [0.25, 0.3) is 0 Å². The van der Waals surface area contributed by atoms with E-state index in [4.69, 9.17) is 11.6 Å². The fourth-order valence-corrected chi connectivity index (χ4v) is 2.95. The van der Waals surface area contributed by atoms with E-state index in [-0.39, 0.29) is 11.3 Å². The van der Waals surface area contributed by atoms with Crippen LogP contribution in [0.5, 0.6) is 0 Å². The second-order valence-electron chi connectivity index (χ2n) is 6.64. The van der Waals surface area contributed by atoms with Crippen LogP contribution in [0.1, 0.15) is 39.7 Å². The minimum absolute atomic E-state index is 0.106. The summed E-state index contributed by atoms with van der Waals surface area (Å²) in [6.45, 7) is 11.7. The van der Waals surface area contributed by atoms with Crippen molar-refractivity contribution < 1.29 is 4.79 Å². The molecule has 1 aliphatic heterocycles. The largest absolute Gasteiger partial charge is 0.367 e. The SMILES string of the molecule is CCC(=O)N1CCN(c2ccc(C(C)(C)C)cc2Cl)CC1. The number of amides is 1. The average Bonchev–Trinajstić information content (AvgIpc) is 2.45. The maximum absolute atomic E-state index is 11.7. The van der Waals surface area contributed by atoms with Crippen molar-refractivity contribution in [2.24, 2.45) is 0 Å². The molecule has 0 saturated carbocycles. The zero-order valence-corrected chi connectivity index (χ0v) is 14.2. The van der Waals surface area contributed by atoms with Crippen LogP contribution in [0.2, 0.25) is 5.02 Å². The third-order valence-corrected chi connectivity index (χ3v) is 4.39. The number of hydrogen-bond donors (Lipinski definition) is 0. The van der Waals surface area contributed by atoms with E-state index in [1.807, 2.05) is 11.8 Å². The number of hydrogen-bond acceptors (Lipinski definition) is 2. The predicted octanol–water partition coefficient (Wildman–Crippen LogP) is 3.70. The quantitative estimate of drug-likeness (QED) is 0.832. The highest BCUT2D eigenvalue weighted by molar-refractivity contribution is 6.33. The van der Waals surface area contributed by atoms with E-state index in [0.29, 0.717) is 6.42 Å². The number of carbonyl (C=O) groups is 1. The molecule has 3 nitrogen and oxygen atoms in total. The molecule has 0 bridgehead atoms. The molecule has 21 heavy (non-hydrogen) atoms. The molecule has 0 N–H and O–H groups in total. The van der Waals surface area contributed by atoms with Crippen molar-refractivity contribution in [3.8, 4) is 0 Å². The van der Waals surface area contributed by atoms with Crippen LogP contribution in [-0.4, -0.2) is 37.0 Å². The summed E-state index contributed by atoms with van der Waals surface area (Å²) < 4.78 is 0. The summed E-state index contributed by atoms with van der Waals surface area (Å²) in [6.07, 6.45) is 0.584. The molecule has 116 valence electrons. The van der Waals surface area contributed by atoms with Gasteiger partial charge in [-0.2, -0.15) is 0 Å². The van der Waals surface area contributed by atoms with Gasteiger partial charge in [0.1, 0.15) is 0 Å². The van der Waals surface area contributed by atoms with Crippen LogP contribution in [-0.2, 0) is 10.2 Å². The van der Waals surface area contributed by atoms with E-state index in [1.165, 1.54) is 5.56 Å². The van der Waals surface area contributed by atoms with Crippen molar-refractivity contribution in [3.63, 3.8) is 0 Å². The maximum atomic E-state index is 11.7. The molecular formula is C17H25ClN2O. The summed E-state index contributed by atoms with van der Waals surface area (Å²) in [5.41, 5.74) is 2.43. The first-order valence-electron chi connectivity index (χ1n) is 7.65. The maximum Gasteiger partial charge on any atom is 0.222 e. The Morgan fingerprint density at radius 3 is 2.29 bits per heavy atom. The highest BCUT2D eigenvalue weighted by Gasteiger charge is 2.22. The Morgan fingerprint density at radius 1 is 1.19 bits per heavy atom. The zero-order chi connectivity index (χ0) is 15.6. The summed E-state index contributed by atoms with van der Waals surface area (Å²) >= 11 is 6.47. The van der Waals surface area contributed by atoms with Crippen molar-refractivity contribution in [2.45, 2.75) is 39.5 Å². The first-order valence-corrected chi connectivity index (χ1v) is 8.03. The number of benzene rings is 1. The lowest BCUT2D eigenvalue weighted by Gasteiger charge is -2.36. The van der Waals surface area contributed by atoms with Crippen LogP contribution < -0.4 is 4.90 Å². The average molecular weight is 309 g/mol. The van der Waals surface area contributed by atoms with Gasteiger partial charge in [-0.25, -0.2) is 0 Å². The number of piperazine rings is 1. The summed E-state index contributed by atoms with van der Waals surface area (Å²) in [7, 11) is 0. The van der Waals surface area contributed by atoms with Crippen LogP contribution in [0.15, 0.2) is 18.2 Å². The summed E-state index contributed by atoms with van der Waals surface area (Å²) in [5.74, 6) is 0.240. The molecule has 0 aromatic heterocycles. The number of carbonyl (C=O) groups excluding carboxylic acids is 1. The number of rotatable bonds is 2. The Labute approximate surface area is 132 Å². The first kappa shape index (κ1) is 16.2.